The Bertz CT molecular complexity index is 488. The van der Waals surface area contributed by atoms with Crippen molar-refractivity contribution < 1.29 is 9.66 Å². The Morgan fingerprint density at radius 2 is 2.05 bits per heavy atom. The summed E-state index contributed by atoms with van der Waals surface area (Å²) in [7, 11) is 0. The molecule has 0 amide bonds. The number of aromatic nitrogens is 2. The van der Waals surface area contributed by atoms with Gasteiger partial charge in [0.1, 0.15) is 6.33 Å². The highest BCUT2D eigenvalue weighted by Crippen LogP contribution is 2.33. The molecule has 0 aliphatic carbocycles. The molecule has 20 heavy (non-hydrogen) atoms. The number of hydrogen-bond acceptors (Lipinski definition) is 7. The number of nitrogens with one attached hydrogen (secondary N) is 2. The first-order chi connectivity index (χ1) is 9.56. The van der Waals surface area contributed by atoms with Crippen molar-refractivity contribution in [2.24, 2.45) is 0 Å². The van der Waals surface area contributed by atoms with E-state index >= 15 is 0 Å². The fourth-order valence-electron chi connectivity index (χ4n) is 2.17. The van der Waals surface area contributed by atoms with E-state index < -0.39 is 4.92 Å². The lowest BCUT2D eigenvalue weighted by Crippen LogP contribution is -2.41. The van der Waals surface area contributed by atoms with Crippen LogP contribution in [0.1, 0.15) is 26.7 Å². The van der Waals surface area contributed by atoms with Crippen molar-refractivity contribution in [2.75, 3.05) is 30.4 Å². The number of ether oxygens (including phenoxy) is 1. The third-order valence-electron chi connectivity index (χ3n) is 3.37. The van der Waals surface area contributed by atoms with Crippen LogP contribution in [0, 0.1) is 10.1 Å². The zero-order valence-corrected chi connectivity index (χ0v) is 11.7. The molecule has 1 saturated heterocycles. The molecule has 8 nitrogen and oxygen atoms in total. The maximum absolute atomic E-state index is 11.3. The summed E-state index contributed by atoms with van der Waals surface area (Å²) in [6.45, 7) is 5.72. The van der Waals surface area contributed by atoms with Gasteiger partial charge in [0.05, 0.1) is 4.92 Å². The summed E-state index contributed by atoms with van der Waals surface area (Å²) in [5.41, 5.74) is -0.358. The summed E-state index contributed by atoms with van der Waals surface area (Å²) in [6.07, 6.45) is 2.89. The lowest BCUT2D eigenvalue weighted by atomic mass is 9.92. The molecule has 0 unspecified atom stereocenters. The van der Waals surface area contributed by atoms with E-state index in [1.807, 2.05) is 13.8 Å². The molecule has 2 N–H and O–H groups in total. The van der Waals surface area contributed by atoms with E-state index in [0.717, 1.165) is 12.8 Å². The molecular formula is C12H19N5O3. The SMILES string of the molecule is CCNc1ncnc(NC2(C)CCOCC2)c1[N+](=O)[O-]. The molecule has 1 aliphatic heterocycles. The first kappa shape index (κ1) is 14.4. The van der Waals surface area contributed by atoms with Crippen LogP contribution in [-0.2, 0) is 4.74 Å². The summed E-state index contributed by atoms with van der Waals surface area (Å²) in [5.74, 6) is 0.496. The largest absolute Gasteiger partial charge is 0.381 e. The highest BCUT2D eigenvalue weighted by Gasteiger charge is 2.32. The summed E-state index contributed by atoms with van der Waals surface area (Å²) in [5, 5.41) is 17.4. The van der Waals surface area contributed by atoms with E-state index in [1.54, 1.807) is 0 Å². The molecule has 0 spiro atoms. The van der Waals surface area contributed by atoms with Crippen LogP contribution in [0.2, 0.25) is 0 Å². The van der Waals surface area contributed by atoms with E-state index in [4.69, 9.17) is 4.74 Å². The van der Waals surface area contributed by atoms with E-state index in [1.165, 1.54) is 6.33 Å². The topological polar surface area (TPSA) is 102 Å². The molecule has 1 aliphatic rings. The molecule has 0 radical (unpaired) electrons. The minimum absolute atomic E-state index is 0.109. The van der Waals surface area contributed by atoms with Gasteiger partial charge in [-0.25, -0.2) is 9.97 Å². The van der Waals surface area contributed by atoms with Crippen LogP contribution in [0.4, 0.5) is 17.3 Å². The lowest BCUT2D eigenvalue weighted by Gasteiger charge is -2.34. The summed E-state index contributed by atoms with van der Waals surface area (Å²) in [4.78, 5) is 18.8. The van der Waals surface area contributed by atoms with Crippen molar-refractivity contribution in [3.63, 3.8) is 0 Å². The van der Waals surface area contributed by atoms with Crippen molar-refractivity contribution in [1.29, 1.82) is 0 Å². The standard InChI is InChI=1S/C12H19N5O3/c1-3-13-10-9(17(18)19)11(15-8-14-10)16-12(2)4-6-20-7-5-12/h8H,3-7H2,1-2H3,(H2,13,14,15,16). The number of nitrogens with zero attached hydrogens (tertiary/aromatic N) is 3. The van der Waals surface area contributed by atoms with Crippen LogP contribution in [0.5, 0.6) is 0 Å². The van der Waals surface area contributed by atoms with E-state index in [-0.39, 0.29) is 22.9 Å². The van der Waals surface area contributed by atoms with Gasteiger partial charge in [0.2, 0.25) is 11.6 Å². The molecule has 0 atom stereocenters. The maximum Gasteiger partial charge on any atom is 0.353 e. The van der Waals surface area contributed by atoms with Gasteiger partial charge in [-0.3, -0.25) is 10.1 Å². The third-order valence-corrected chi connectivity index (χ3v) is 3.37. The number of anilines is 2. The normalized spacial score (nSPS) is 17.5. The van der Waals surface area contributed by atoms with Gasteiger partial charge in [-0.1, -0.05) is 0 Å². The Hall–Kier alpha value is -1.96. The first-order valence-corrected chi connectivity index (χ1v) is 6.65. The molecule has 2 rings (SSSR count). The molecule has 0 aromatic carbocycles. The maximum atomic E-state index is 11.3. The van der Waals surface area contributed by atoms with Gasteiger partial charge in [0.15, 0.2) is 0 Å². The molecule has 1 fully saturated rings. The smallest absolute Gasteiger partial charge is 0.353 e. The van der Waals surface area contributed by atoms with Crippen molar-refractivity contribution in [2.45, 2.75) is 32.2 Å². The van der Waals surface area contributed by atoms with Gasteiger partial charge in [-0.05, 0) is 26.7 Å². The Labute approximate surface area is 117 Å². The minimum Gasteiger partial charge on any atom is -0.381 e. The van der Waals surface area contributed by atoms with Crippen LogP contribution in [0.15, 0.2) is 6.33 Å². The molecule has 8 heteroatoms. The average Bonchev–Trinajstić information content (AvgIpc) is 2.39. The molecule has 0 saturated carbocycles. The van der Waals surface area contributed by atoms with Crippen LogP contribution in [-0.4, -0.2) is 40.2 Å². The van der Waals surface area contributed by atoms with Gasteiger partial charge in [0, 0.05) is 25.3 Å². The molecule has 0 bridgehead atoms. The van der Waals surface area contributed by atoms with Gasteiger partial charge in [0.25, 0.3) is 0 Å². The molecule has 110 valence electrons. The van der Waals surface area contributed by atoms with E-state index in [2.05, 4.69) is 20.6 Å². The fraction of sp³-hybridized carbons (Fsp3) is 0.667. The Balaban J connectivity index is 2.30. The monoisotopic (exact) mass is 281 g/mol. The Morgan fingerprint density at radius 1 is 1.40 bits per heavy atom. The van der Waals surface area contributed by atoms with Crippen LogP contribution in [0.3, 0.4) is 0 Å². The van der Waals surface area contributed by atoms with Crippen molar-refractivity contribution in [1.82, 2.24) is 9.97 Å². The predicted molar refractivity (Wildman–Crippen MR) is 74.9 cm³/mol. The summed E-state index contributed by atoms with van der Waals surface area (Å²) >= 11 is 0. The molecule has 2 heterocycles. The van der Waals surface area contributed by atoms with Crippen LogP contribution >= 0.6 is 0 Å². The number of hydrogen-bond donors (Lipinski definition) is 2. The Kier molecular flexibility index (Phi) is 4.33. The predicted octanol–water partition coefficient (Wildman–Crippen LogP) is 1.80. The third kappa shape index (κ3) is 3.13. The highest BCUT2D eigenvalue weighted by atomic mass is 16.6. The van der Waals surface area contributed by atoms with Gasteiger partial charge in [-0.2, -0.15) is 0 Å². The first-order valence-electron chi connectivity index (χ1n) is 6.65. The van der Waals surface area contributed by atoms with Crippen LogP contribution in [0.25, 0.3) is 0 Å². The van der Waals surface area contributed by atoms with Crippen molar-refractivity contribution in [3.8, 4) is 0 Å². The van der Waals surface area contributed by atoms with E-state index in [0.29, 0.717) is 19.8 Å². The van der Waals surface area contributed by atoms with Gasteiger partial charge >= 0.3 is 5.69 Å². The van der Waals surface area contributed by atoms with Crippen molar-refractivity contribution >= 4 is 17.3 Å². The molecule has 1 aromatic heterocycles. The second-order valence-electron chi connectivity index (χ2n) is 5.00. The zero-order chi connectivity index (χ0) is 14.6. The molecular weight excluding hydrogens is 262 g/mol. The Morgan fingerprint density at radius 3 is 2.65 bits per heavy atom. The second-order valence-corrected chi connectivity index (χ2v) is 5.00. The van der Waals surface area contributed by atoms with Crippen LogP contribution < -0.4 is 10.6 Å². The summed E-state index contributed by atoms with van der Waals surface area (Å²) in [6, 6.07) is 0. The fourth-order valence-corrected chi connectivity index (χ4v) is 2.17. The van der Waals surface area contributed by atoms with Crippen molar-refractivity contribution in [3.05, 3.63) is 16.4 Å². The zero-order valence-electron chi connectivity index (χ0n) is 11.7. The lowest BCUT2D eigenvalue weighted by molar-refractivity contribution is -0.383. The number of nitro groups is 1. The minimum atomic E-state index is -0.455. The molecule has 1 aromatic rings. The highest BCUT2D eigenvalue weighted by molar-refractivity contribution is 5.69. The van der Waals surface area contributed by atoms with Gasteiger partial charge < -0.3 is 15.4 Å². The van der Waals surface area contributed by atoms with Gasteiger partial charge in [-0.15, -0.1) is 0 Å². The average molecular weight is 281 g/mol. The number of rotatable bonds is 5. The van der Waals surface area contributed by atoms with E-state index in [9.17, 15) is 10.1 Å². The summed E-state index contributed by atoms with van der Waals surface area (Å²) < 4.78 is 5.32. The second kappa shape index (κ2) is 6.00. The quantitative estimate of drug-likeness (QED) is 0.626.